The van der Waals surface area contributed by atoms with Crippen LogP contribution in [0.3, 0.4) is 0 Å². The Bertz CT molecular complexity index is 334. The van der Waals surface area contributed by atoms with Crippen LogP contribution in [-0.2, 0) is 6.54 Å². The molecule has 2 nitrogen and oxygen atoms in total. The highest BCUT2D eigenvalue weighted by Gasteiger charge is 2.24. The lowest BCUT2D eigenvalue weighted by molar-refractivity contribution is 0.215. The molecule has 1 aromatic rings. The van der Waals surface area contributed by atoms with Crippen LogP contribution in [0.4, 0.5) is 0 Å². The molecule has 18 heavy (non-hydrogen) atoms. The number of benzene rings is 1. The molecule has 1 aromatic carbocycles. The lowest BCUT2D eigenvalue weighted by Gasteiger charge is -2.31. The maximum absolute atomic E-state index is 3.77. The molecule has 0 bridgehead atoms. The quantitative estimate of drug-likeness (QED) is 0.822. The smallest absolute Gasteiger partial charge is 0.0243 e. The molecule has 2 unspecified atom stereocenters. The van der Waals surface area contributed by atoms with Gasteiger partial charge in [0.25, 0.3) is 0 Å². The Hall–Kier alpha value is -0.860. The molecule has 0 amide bonds. The minimum Gasteiger partial charge on any atom is -0.308 e. The van der Waals surface area contributed by atoms with Gasteiger partial charge in [-0.1, -0.05) is 49.6 Å². The summed E-state index contributed by atoms with van der Waals surface area (Å²) in [6, 6.07) is 12.1. The highest BCUT2D eigenvalue weighted by molar-refractivity contribution is 5.14. The highest BCUT2D eigenvalue weighted by atomic mass is 15.1. The topological polar surface area (TPSA) is 15.3 Å². The zero-order valence-corrected chi connectivity index (χ0v) is 11.7. The van der Waals surface area contributed by atoms with Crippen molar-refractivity contribution in [1.82, 2.24) is 10.2 Å². The van der Waals surface area contributed by atoms with Gasteiger partial charge in [-0.3, -0.25) is 0 Å². The lowest BCUT2D eigenvalue weighted by atomic mass is 10.0. The van der Waals surface area contributed by atoms with Crippen LogP contribution in [0.1, 0.15) is 37.7 Å². The van der Waals surface area contributed by atoms with Crippen molar-refractivity contribution in [2.75, 3.05) is 14.1 Å². The molecule has 1 aliphatic rings. The first-order valence-corrected chi connectivity index (χ1v) is 7.21. The summed E-state index contributed by atoms with van der Waals surface area (Å²) in [7, 11) is 4.43. The predicted molar refractivity (Wildman–Crippen MR) is 77.6 cm³/mol. The predicted octanol–water partition coefficient (Wildman–Crippen LogP) is 3.04. The maximum atomic E-state index is 3.77. The average Bonchev–Trinajstić information content (AvgIpc) is 2.63. The summed E-state index contributed by atoms with van der Waals surface area (Å²) in [4.78, 5) is 2.40. The van der Waals surface area contributed by atoms with Crippen LogP contribution < -0.4 is 5.32 Å². The molecule has 0 aromatic heterocycles. The lowest BCUT2D eigenvalue weighted by Crippen LogP contribution is -2.46. The second-order valence-electron chi connectivity index (χ2n) is 5.64. The Labute approximate surface area is 111 Å². The van der Waals surface area contributed by atoms with E-state index < -0.39 is 0 Å². The van der Waals surface area contributed by atoms with Crippen molar-refractivity contribution in [3.05, 3.63) is 35.9 Å². The largest absolute Gasteiger partial charge is 0.308 e. The van der Waals surface area contributed by atoms with Crippen molar-refractivity contribution < 1.29 is 0 Å². The van der Waals surface area contributed by atoms with E-state index in [2.05, 4.69) is 54.6 Å². The number of hydrogen-bond donors (Lipinski definition) is 1. The van der Waals surface area contributed by atoms with Crippen molar-refractivity contribution >= 4 is 0 Å². The van der Waals surface area contributed by atoms with E-state index in [9.17, 15) is 0 Å². The van der Waals surface area contributed by atoms with E-state index in [1.165, 1.54) is 37.7 Å². The Morgan fingerprint density at radius 1 is 1.06 bits per heavy atom. The number of hydrogen-bond acceptors (Lipinski definition) is 2. The van der Waals surface area contributed by atoms with E-state index in [1.54, 1.807) is 0 Å². The van der Waals surface area contributed by atoms with Crippen molar-refractivity contribution in [2.45, 2.75) is 50.7 Å². The third-order valence-electron chi connectivity index (χ3n) is 4.05. The van der Waals surface area contributed by atoms with Gasteiger partial charge in [0.2, 0.25) is 0 Å². The number of nitrogens with zero attached hydrogens (tertiary/aromatic N) is 1. The van der Waals surface area contributed by atoms with Crippen LogP contribution in [0.15, 0.2) is 30.3 Å². The van der Waals surface area contributed by atoms with Crippen LogP contribution in [-0.4, -0.2) is 31.1 Å². The number of nitrogens with one attached hydrogen (secondary N) is 1. The van der Waals surface area contributed by atoms with E-state index in [0.717, 1.165) is 6.54 Å². The van der Waals surface area contributed by atoms with Crippen molar-refractivity contribution in [1.29, 1.82) is 0 Å². The van der Waals surface area contributed by atoms with E-state index in [4.69, 9.17) is 0 Å². The maximum Gasteiger partial charge on any atom is 0.0243 e. The van der Waals surface area contributed by atoms with Crippen LogP contribution >= 0.6 is 0 Å². The van der Waals surface area contributed by atoms with Crippen molar-refractivity contribution in [2.24, 2.45) is 0 Å². The number of rotatable bonds is 4. The van der Waals surface area contributed by atoms with Gasteiger partial charge in [-0.15, -0.1) is 0 Å². The minimum absolute atomic E-state index is 0.641. The standard InChI is InChI=1S/C16H26N2/c1-18(2)16-12-8-4-7-11-15(16)17-13-14-9-5-3-6-10-14/h3,5-6,9-10,15-17H,4,7-8,11-13H2,1-2H3. The van der Waals surface area contributed by atoms with Crippen LogP contribution in [0, 0.1) is 0 Å². The molecule has 1 saturated carbocycles. The molecule has 2 atom stereocenters. The third-order valence-corrected chi connectivity index (χ3v) is 4.05. The molecule has 100 valence electrons. The normalized spacial score (nSPS) is 25.1. The first-order chi connectivity index (χ1) is 8.77. The minimum atomic E-state index is 0.641. The molecule has 1 fully saturated rings. The summed E-state index contributed by atoms with van der Waals surface area (Å²) in [6.45, 7) is 0.996. The van der Waals surface area contributed by atoms with E-state index >= 15 is 0 Å². The van der Waals surface area contributed by atoms with Crippen molar-refractivity contribution in [3.8, 4) is 0 Å². The van der Waals surface area contributed by atoms with Gasteiger partial charge in [0.05, 0.1) is 0 Å². The third kappa shape index (κ3) is 3.82. The van der Waals surface area contributed by atoms with Gasteiger partial charge in [-0.05, 0) is 32.5 Å². The van der Waals surface area contributed by atoms with Gasteiger partial charge in [-0.25, -0.2) is 0 Å². The second kappa shape index (κ2) is 6.91. The van der Waals surface area contributed by atoms with Crippen LogP contribution in [0.2, 0.25) is 0 Å². The summed E-state index contributed by atoms with van der Waals surface area (Å²) in [5.41, 5.74) is 1.39. The van der Waals surface area contributed by atoms with Gasteiger partial charge >= 0.3 is 0 Å². The fourth-order valence-electron chi connectivity index (χ4n) is 2.99. The van der Waals surface area contributed by atoms with Gasteiger partial charge in [0.1, 0.15) is 0 Å². The first kappa shape index (κ1) is 13.6. The zero-order valence-electron chi connectivity index (χ0n) is 11.7. The van der Waals surface area contributed by atoms with Gasteiger partial charge in [0.15, 0.2) is 0 Å². The molecular formula is C16H26N2. The van der Waals surface area contributed by atoms with Crippen LogP contribution in [0.25, 0.3) is 0 Å². The Morgan fingerprint density at radius 3 is 2.50 bits per heavy atom. The van der Waals surface area contributed by atoms with E-state index in [1.807, 2.05) is 0 Å². The molecule has 1 N–H and O–H groups in total. The molecule has 0 heterocycles. The zero-order chi connectivity index (χ0) is 12.8. The average molecular weight is 246 g/mol. The van der Waals surface area contributed by atoms with Gasteiger partial charge in [-0.2, -0.15) is 0 Å². The monoisotopic (exact) mass is 246 g/mol. The molecule has 0 aliphatic heterocycles. The molecular weight excluding hydrogens is 220 g/mol. The van der Waals surface area contributed by atoms with E-state index in [-0.39, 0.29) is 0 Å². The molecule has 0 saturated heterocycles. The first-order valence-electron chi connectivity index (χ1n) is 7.21. The Kier molecular flexibility index (Phi) is 5.21. The second-order valence-corrected chi connectivity index (χ2v) is 5.64. The van der Waals surface area contributed by atoms with Gasteiger partial charge < -0.3 is 10.2 Å². The summed E-state index contributed by atoms with van der Waals surface area (Å²) in [6.07, 6.45) is 6.80. The Morgan fingerprint density at radius 2 is 1.78 bits per heavy atom. The molecule has 2 rings (SSSR count). The summed E-state index contributed by atoms with van der Waals surface area (Å²) in [5, 5.41) is 3.77. The number of likely N-dealkylation sites (N-methyl/N-ethyl adjacent to an activating group) is 1. The molecule has 2 heteroatoms. The summed E-state index contributed by atoms with van der Waals surface area (Å²) < 4.78 is 0. The summed E-state index contributed by atoms with van der Waals surface area (Å²) >= 11 is 0. The fraction of sp³-hybridized carbons (Fsp3) is 0.625. The van der Waals surface area contributed by atoms with Crippen molar-refractivity contribution in [3.63, 3.8) is 0 Å². The fourth-order valence-corrected chi connectivity index (χ4v) is 2.99. The van der Waals surface area contributed by atoms with Gasteiger partial charge in [0, 0.05) is 18.6 Å². The molecule has 0 radical (unpaired) electrons. The van der Waals surface area contributed by atoms with E-state index in [0.29, 0.717) is 12.1 Å². The van der Waals surface area contributed by atoms with Crippen LogP contribution in [0.5, 0.6) is 0 Å². The highest BCUT2D eigenvalue weighted by Crippen LogP contribution is 2.21. The molecule has 0 spiro atoms. The Balaban J connectivity index is 1.92. The SMILES string of the molecule is CN(C)C1CCCCCC1NCc1ccccc1. The summed E-state index contributed by atoms with van der Waals surface area (Å²) in [5.74, 6) is 0. The molecule has 1 aliphatic carbocycles.